The molecule has 0 bridgehead atoms. The number of nitrogens with one attached hydrogen (secondary N) is 2. The van der Waals surface area contributed by atoms with Crippen molar-refractivity contribution in [2.75, 3.05) is 49.4 Å². The molecule has 0 aromatic carbocycles. The van der Waals surface area contributed by atoms with E-state index in [-0.39, 0.29) is 0 Å². The minimum Gasteiger partial charge on any atom is -0.352 e. The Morgan fingerprint density at radius 1 is 1.10 bits per heavy atom. The third kappa shape index (κ3) is 4.46. The Balaban J connectivity index is 2.87. The molecule has 1 unspecified atom stereocenters. The van der Waals surface area contributed by atoms with Gasteiger partial charge in [0.05, 0.1) is 0 Å². The molecular weight excluding hydrogens is 256 g/mol. The topological polar surface area (TPSA) is 95.2 Å². The van der Waals surface area contributed by atoms with Crippen molar-refractivity contribution < 1.29 is 0 Å². The van der Waals surface area contributed by atoms with Crippen molar-refractivity contribution in [3.05, 3.63) is 0 Å². The number of hydrazine groups is 1. The normalized spacial score (nSPS) is 12.3. The highest BCUT2D eigenvalue weighted by atomic mass is 15.4. The molecule has 0 aliphatic carbocycles. The minimum absolute atomic E-state index is 0.363. The number of hydrogen-bond acceptors (Lipinski definition) is 8. The summed E-state index contributed by atoms with van der Waals surface area (Å²) in [6, 6.07) is 0.373. The van der Waals surface area contributed by atoms with Crippen LogP contribution in [0.3, 0.4) is 0 Å². The lowest BCUT2D eigenvalue weighted by Crippen LogP contribution is -2.32. The van der Waals surface area contributed by atoms with Gasteiger partial charge in [0.1, 0.15) is 0 Å². The number of likely N-dealkylation sites (N-methyl/N-ethyl adjacent to an activating group) is 1. The Kier molecular flexibility index (Phi) is 6.40. The second-order valence-corrected chi connectivity index (χ2v) is 4.79. The van der Waals surface area contributed by atoms with E-state index < -0.39 is 0 Å². The Bertz CT molecular complexity index is 404. The van der Waals surface area contributed by atoms with Gasteiger partial charge in [0.15, 0.2) is 0 Å². The zero-order valence-electron chi connectivity index (χ0n) is 13.0. The van der Waals surface area contributed by atoms with Crippen molar-refractivity contribution in [2.45, 2.75) is 26.8 Å². The fourth-order valence-electron chi connectivity index (χ4n) is 1.58. The van der Waals surface area contributed by atoms with Gasteiger partial charge < -0.3 is 15.1 Å². The summed E-state index contributed by atoms with van der Waals surface area (Å²) in [5.41, 5.74) is 2.48. The third-order valence-corrected chi connectivity index (χ3v) is 3.24. The van der Waals surface area contributed by atoms with Crippen molar-refractivity contribution in [3.8, 4) is 0 Å². The van der Waals surface area contributed by atoms with E-state index in [2.05, 4.69) is 51.4 Å². The molecule has 114 valence electrons. The predicted octanol–water partition coefficient (Wildman–Crippen LogP) is 0.365. The Labute approximate surface area is 120 Å². The van der Waals surface area contributed by atoms with E-state index in [0.717, 1.165) is 19.6 Å². The van der Waals surface area contributed by atoms with E-state index in [0.29, 0.717) is 23.9 Å². The van der Waals surface area contributed by atoms with Crippen LogP contribution in [-0.4, -0.2) is 59.6 Å². The van der Waals surface area contributed by atoms with Crippen molar-refractivity contribution in [3.63, 3.8) is 0 Å². The van der Waals surface area contributed by atoms with Crippen LogP contribution < -0.4 is 21.5 Å². The first kappa shape index (κ1) is 16.4. The van der Waals surface area contributed by atoms with Gasteiger partial charge >= 0.3 is 0 Å². The lowest BCUT2D eigenvalue weighted by atomic mass is 10.3. The van der Waals surface area contributed by atoms with E-state index in [4.69, 9.17) is 5.84 Å². The number of anilines is 3. The summed E-state index contributed by atoms with van der Waals surface area (Å²) in [5.74, 6) is 6.93. The molecule has 1 atom stereocenters. The SMILES string of the molecule is CCN(CC)c1nc(NN)nc(NCC(C)N(C)C)n1. The van der Waals surface area contributed by atoms with Crippen molar-refractivity contribution >= 4 is 17.8 Å². The molecule has 1 aromatic rings. The van der Waals surface area contributed by atoms with Gasteiger partial charge in [0, 0.05) is 25.7 Å². The average molecular weight is 282 g/mol. The summed E-state index contributed by atoms with van der Waals surface area (Å²) < 4.78 is 0. The first-order valence-electron chi connectivity index (χ1n) is 6.89. The van der Waals surface area contributed by atoms with E-state index in [9.17, 15) is 0 Å². The molecule has 0 saturated heterocycles. The van der Waals surface area contributed by atoms with Crippen LogP contribution in [0.5, 0.6) is 0 Å². The summed E-state index contributed by atoms with van der Waals surface area (Å²) in [6.45, 7) is 8.66. The van der Waals surface area contributed by atoms with Gasteiger partial charge in [-0.05, 0) is 34.9 Å². The molecule has 0 fully saturated rings. The maximum atomic E-state index is 5.42. The van der Waals surface area contributed by atoms with Crippen molar-refractivity contribution in [1.29, 1.82) is 0 Å². The first-order valence-corrected chi connectivity index (χ1v) is 6.89. The summed E-state index contributed by atoms with van der Waals surface area (Å²) in [4.78, 5) is 17.1. The van der Waals surface area contributed by atoms with Gasteiger partial charge in [-0.15, -0.1) is 0 Å². The highest BCUT2D eigenvalue weighted by Crippen LogP contribution is 2.12. The van der Waals surface area contributed by atoms with E-state index in [1.54, 1.807) is 0 Å². The van der Waals surface area contributed by atoms with Crippen LogP contribution in [0.4, 0.5) is 17.8 Å². The molecule has 0 radical (unpaired) electrons. The van der Waals surface area contributed by atoms with Gasteiger partial charge in [0.2, 0.25) is 17.8 Å². The summed E-state index contributed by atoms with van der Waals surface area (Å²) in [5, 5.41) is 3.22. The van der Waals surface area contributed by atoms with Gasteiger partial charge in [-0.2, -0.15) is 15.0 Å². The van der Waals surface area contributed by atoms with Crippen LogP contribution in [0.1, 0.15) is 20.8 Å². The Hall–Kier alpha value is -1.67. The molecule has 0 amide bonds. The molecule has 8 nitrogen and oxygen atoms in total. The highest BCUT2D eigenvalue weighted by Gasteiger charge is 2.11. The van der Waals surface area contributed by atoms with Crippen LogP contribution in [0.15, 0.2) is 0 Å². The average Bonchev–Trinajstić information content (AvgIpc) is 2.45. The largest absolute Gasteiger partial charge is 0.352 e. The molecule has 1 aromatic heterocycles. The second-order valence-electron chi connectivity index (χ2n) is 4.79. The number of aromatic nitrogens is 3. The molecule has 4 N–H and O–H groups in total. The number of nitrogens with zero attached hydrogens (tertiary/aromatic N) is 5. The Morgan fingerprint density at radius 3 is 2.20 bits per heavy atom. The molecule has 1 heterocycles. The van der Waals surface area contributed by atoms with Crippen LogP contribution >= 0.6 is 0 Å². The predicted molar refractivity (Wildman–Crippen MR) is 82.8 cm³/mol. The third-order valence-electron chi connectivity index (χ3n) is 3.24. The Morgan fingerprint density at radius 2 is 1.70 bits per heavy atom. The molecule has 0 saturated carbocycles. The van der Waals surface area contributed by atoms with Crippen LogP contribution in [0.2, 0.25) is 0 Å². The van der Waals surface area contributed by atoms with E-state index >= 15 is 0 Å². The smallest absolute Gasteiger partial charge is 0.243 e. The summed E-state index contributed by atoms with van der Waals surface area (Å²) in [6.07, 6.45) is 0. The lowest BCUT2D eigenvalue weighted by molar-refractivity contribution is 0.325. The fourth-order valence-corrected chi connectivity index (χ4v) is 1.58. The van der Waals surface area contributed by atoms with Crippen LogP contribution in [0, 0.1) is 0 Å². The van der Waals surface area contributed by atoms with Gasteiger partial charge in [-0.3, -0.25) is 5.43 Å². The zero-order valence-corrected chi connectivity index (χ0v) is 13.0. The number of nitrogens with two attached hydrogens (primary N) is 1. The molecule has 0 spiro atoms. The summed E-state index contributed by atoms with van der Waals surface area (Å²) in [7, 11) is 4.07. The quantitative estimate of drug-likeness (QED) is 0.465. The lowest BCUT2D eigenvalue weighted by Gasteiger charge is -2.22. The molecule has 20 heavy (non-hydrogen) atoms. The number of hydrogen-bond donors (Lipinski definition) is 3. The number of rotatable bonds is 8. The van der Waals surface area contributed by atoms with Gasteiger partial charge in [-0.1, -0.05) is 0 Å². The van der Waals surface area contributed by atoms with Gasteiger partial charge in [0.25, 0.3) is 0 Å². The monoisotopic (exact) mass is 282 g/mol. The standard InChI is InChI=1S/C12H26N8/c1-6-20(7-2)12-16-10(15-11(17-12)18-13)14-8-9(3)19(4)5/h9H,6-8,13H2,1-5H3,(H2,14,15,16,17,18). The molecule has 8 heteroatoms. The minimum atomic E-state index is 0.363. The van der Waals surface area contributed by atoms with Crippen molar-refractivity contribution in [2.24, 2.45) is 5.84 Å². The zero-order chi connectivity index (χ0) is 15.1. The molecule has 0 aliphatic rings. The highest BCUT2D eigenvalue weighted by molar-refractivity contribution is 5.43. The molecule has 0 aliphatic heterocycles. The van der Waals surface area contributed by atoms with E-state index in [1.807, 2.05) is 19.0 Å². The molecule has 1 rings (SSSR count). The maximum Gasteiger partial charge on any atom is 0.243 e. The number of nitrogen functional groups attached to an aromatic ring is 1. The van der Waals surface area contributed by atoms with Crippen LogP contribution in [0.25, 0.3) is 0 Å². The summed E-state index contributed by atoms with van der Waals surface area (Å²) >= 11 is 0. The maximum absolute atomic E-state index is 5.42. The fraction of sp³-hybridized carbons (Fsp3) is 0.750. The first-order chi connectivity index (χ1) is 9.51. The van der Waals surface area contributed by atoms with Gasteiger partial charge in [-0.25, -0.2) is 5.84 Å². The van der Waals surface area contributed by atoms with Crippen LogP contribution in [-0.2, 0) is 0 Å². The van der Waals surface area contributed by atoms with E-state index in [1.165, 1.54) is 0 Å². The second kappa shape index (κ2) is 7.81. The van der Waals surface area contributed by atoms with Crippen molar-refractivity contribution in [1.82, 2.24) is 19.9 Å². The molecular formula is C12H26N8.